The van der Waals surface area contributed by atoms with Gasteiger partial charge in [-0.1, -0.05) is 172 Å². The van der Waals surface area contributed by atoms with Gasteiger partial charge in [-0.15, -0.1) is 0 Å². The fraction of sp³-hybridized carbons (Fsp3) is 0.833. The zero-order chi connectivity index (χ0) is 42.3. The van der Waals surface area contributed by atoms with Crippen molar-refractivity contribution in [2.75, 3.05) is 19.8 Å². The third-order valence-corrected chi connectivity index (χ3v) is 10.8. The van der Waals surface area contributed by atoms with Crippen LogP contribution in [-0.2, 0) is 28.5 Å². The van der Waals surface area contributed by atoms with Crippen LogP contribution in [0, 0.1) is 0 Å². The van der Waals surface area contributed by atoms with Gasteiger partial charge < -0.3 is 39.4 Å². The normalized spacial score (nSPS) is 20.4. The molecular weight excluding hydrogens is 737 g/mol. The van der Waals surface area contributed by atoms with E-state index in [0.717, 1.165) is 51.4 Å². The maximum atomic E-state index is 12.8. The van der Waals surface area contributed by atoms with Crippen molar-refractivity contribution >= 4 is 11.9 Å². The molecule has 10 heteroatoms. The van der Waals surface area contributed by atoms with E-state index in [9.17, 15) is 30.0 Å². The second kappa shape index (κ2) is 39.1. The Hall–Kier alpha value is -2.08. The second-order valence-electron chi connectivity index (χ2n) is 16.2. The molecule has 0 aromatic rings. The average Bonchev–Trinajstić information content (AvgIpc) is 3.22. The minimum absolute atomic E-state index is 0.183. The Morgan fingerprint density at radius 2 is 0.966 bits per heavy atom. The van der Waals surface area contributed by atoms with E-state index in [0.29, 0.717) is 6.42 Å². The average molecular weight is 823 g/mol. The molecule has 1 aliphatic heterocycles. The molecule has 0 saturated carbocycles. The minimum atomic E-state index is -1.60. The third-order valence-electron chi connectivity index (χ3n) is 10.8. The van der Waals surface area contributed by atoms with Gasteiger partial charge >= 0.3 is 11.9 Å². The SMILES string of the molecule is CCCCC/C=C/C/C=C/C/C=C/CCCCC(=O)O[C@@H](COC(=O)CCCCCCCCCCCCCCCCCCCC)CO[C@H]1O[C@@H](CO)[C@@H](O)C(O)C1O. The van der Waals surface area contributed by atoms with E-state index in [4.69, 9.17) is 18.9 Å². The molecule has 10 nitrogen and oxygen atoms in total. The number of hydrogen-bond acceptors (Lipinski definition) is 10. The summed E-state index contributed by atoms with van der Waals surface area (Å²) in [6, 6.07) is 0. The number of carbonyl (C=O) groups excluding carboxylic acids is 2. The van der Waals surface area contributed by atoms with Crippen LogP contribution in [0.15, 0.2) is 36.5 Å². The van der Waals surface area contributed by atoms with Gasteiger partial charge in [-0.05, 0) is 51.4 Å². The minimum Gasteiger partial charge on any atom is -0.462 e. The van der Waals surface area contributed by atoms with E-state index in [2.05, 4.69) is 50.3 Å². The zero-order valence-corrected chi connectivity index (χ0v) is 36.8. The van der Waals surface area contributed by atoms with Crippen LogP contribution < -0.4 is 0 Å². The molecule has 6 atom stereocenters. The molecule has 1 fully saturated rings. The van der Waals surface area contributed by atoms with Crippen molar-refractivity contribution in [3.05, 3.63) is 36.5 Å². The molecule has 1 aliphatic rings. The summed E-state index contributed by atoms with van der Waals surface area (Å²) in [5.41, 5.74) is 0. The summed E-state index contributed by atoms with van der Waals surface area (Å²) in [5.74, 6) is -0.845. The van der Waals surface area contributed by atoms with Gasteiger partial charge in [0.05, 0.1) is 13.2 Å². The first-order valence-corrected chi connectivity index (χ1v) is 23.6. The number of carbonyl (C=O) groups is 2. The first-order chi connectivity index (χ1) is 28.3. The summed E-state index contributed by atoms with van der Waals surface area (Å²) in [5, 5.41) is 40.1. The van der Waals surface area contributed by atoms with E-state index in [-0.39, 0.29) is 32.0 Å². The zero-order valence-electron chi connectivity index (χ0n) is 36.8. The van der Waals surface area contributed by atoms with Crippen LogP contribution in [0.2, 0.25) is 0 Å². The second-order valence-corrected chi connectivity index (χ2v) is 16.2. The number of aliphatic hydroxyl groups excluding tert-OH is 4. The van der Waals surface area contributed by atoms with Gasteiger partial charge in [0.25, 0.3) is 0 Å². The Balaban J connectivity index is 2.32. The van der Waals surface area contributed by atoms with Crippen LogP contribution in [0.4, 0.5) is 0 Å². The Bertz CT molecular complexity index is 1040. The predicted molar refractivity (Wildman–Crippen MR) is 233 cm³/mol. The molecule has 1 saturated heterocycles. The van der Waals surface area contributed by atoms with Crippen LogP contribution in [0.1, 0.15) is 200 Å². The lowest BCUT2D eigenvalue weighted by molar-refractivity contribution is -0.305. The van der Waals surface area contributed by atoms with Crippen molar-refractivity contribution in [3.8, 4) is 0 Å². The molecule has 338 valence electrons. The molecule has 0 aromatic carbocycles. The third kappa shape index (κ3) is 30.0. The lowest BCUT2D eigenvalue weighted by atomic mass is 9.99. The van der Waals surface area contributed by atoms with Crippen LogP contribution in [0.3, 0.4) is 0 Å². The van der Waals surface area contributed by atoms with Crippen molar-refractivity contribution in [1.82, 2.24) is 0 Å². The van der Waals surface area contributed by atoms with Crippen LogP contribution in [0.5, 0.6) is 0 Å². The highest BCUT2D eigenvalue weighted by Crippen LogP contribution is 2.23. The highest BCUT2D eigenvalue weighted by molar-refractivity contribution is 5.70. The number of hydrogen-bond donors (Lipinski definition) is 4. The summed E-state index contributed by atoms with van der Waals surface area (Å²) >= 11 is 0. The van der Waals surface area contributed by atoms with Crippen LogP contribution >= 0.6 is 0 Å². The molecule has 58 heavy (non-hydrogen) atoms. The number of aliphatic hydroxyl groups is 4. The Kier molecular flexibility index (Phi) is 36.3. The number of allylic oxidation sites excluding steroid dienone is 6. The molecule has 0 amide bonds. The highest BCUT2D eigenvalue weighted by atomic mass is 16.7. The highest BCUT2D eigenvalue weighted by Gasteiger charge is 2.44. The molecule has 0 aliphatic carbocycles. The fourth-order valence-electron chi connectivity index (χ4n) is 7.02. The predicted octanol–water partition coefficient (Wildman–Crippen LogP) is 10.3. The van der Waals surface area contributed by atoms with Crippen molar-refractivity contribution in [2.45, 2.75) is 237 Å². The number of ether oxygens (including phenoxy) is 4. The van der Waals surface area contributed by atoms with Crippen LogP contribution in [-0.4, -0.2) is 89.0 Å². The Morgan fingerprint density at radius 3 is 1.48 bits per heavy atom. The molecule has 1 heterocycles. The smallest absolute Gasteiger partial charge is 0.306 e. The van der Waals surface area contributed by atoms with E-state index >= 15 is 0 Å². The molecule has 1 rings (SSSR count). The topological polar surface area (TPSA) is 152 Å². The summed E-state index contributed by atoms with van der Waals surface area (Å²) < 4.78 is 22.1. The molecule has 0 aromatic heterocycles. The quantitative estimate of drug-likeness (QED) is 0.0268. The van der Waals surface area contributed by atoms with Crippen molar-refractivity contribution < 1.29 is 49.0 Å². The number of esters is 2. The molecule has 0 spiro atoms. The molecule has 2 unspecified atom stereocenters. The number of rotatable bonds is 39. The van der Waals surface area contributed by atoms with E-state index in [1.165, 1.54) is 116 Å². The van der Waals surface area contributed by atoms with Crippen molar-refractivity contribution in [1.29, 1.82) is 0 Å². The van der Waals surface area contributed by atoms with E-state index < -0.39 is 49.4 Å². The van der Waals surface area contributed by atoms with Crippen LogP contribution in [0.25, 0.3) is 0 Å². The summed E-state index contributed by atoms with van der Waals surface area (Å²) in [7, 11) is 0. The van der Waals surface area contributed by atoms with Gasteiger partial charge in [0.15, 0.2) is 12.4 Å². The molecule has 0 bridgehead atoms. The first-order valence-electron chi connectivity index (χ1n) is 23.6. The Labute approximate surface area is 353 Å². The lowest BCUT2D eigenvalue weighted by Crippen LogP contribution is -2.59. The van der Waals surface area contributed by atoms with Gasteiger partial charge in [-0.2, -0.15) is 0 Å². The summed E-state index contributed by atoms with van der Waals surface area (Å²) in [6.07, 6.45) is 37.2. The van der Waals surface area contributed by atoms with Crippen molar-refractivity contribution in [3.63, 3.8) is 0 Å². The maximum absolute atomic E-state index is 12.8. The largest absolute Gasteiger partial charge is 0.462 e. The number of unbranched alkanes of at least 4 members (excludes halogenated alkanes) is 22. The monoisotopic (exact) mass is 823 g/mol. The van der Waals surface area contributed by atoms with Gasteiger partial charge in [0.1, 0.15) is 31.0 Å². The van der Waals surface area contributed by atoms with Gasteiger partial charge in [-0.3, -0.25) is 9.59 Å². The van der Waals surface area contributed by atoms with E-state index in [1.54, 1.807) is 0 Å². The maximum Gasteiger partial charge on any atom is 0.306 e. The molecular formula is C48H86O10. The standard InChI is InChI=1S/C48H86O10/c1-3-5-7-9-11-13-15-17-19-20-21-23-24-26-28-30-32-34-36-43(50)55-39-41(40-56-48-47(54)46(53)45(52)42(38-49)58-48)57-44(51)37-35-33-31-29-27-25-22-18-16-14-12-10-8-6-4-2/h12,14,18,22,27,29,41-42,45-49,52-54H,3-11,13,15-17,19-21,23-26,28,30-40H2,1-2H3/b14-12+,22-18+,29-27+/t41-,42-,45+,46?,47?,48-/m0/s1. The summed E-state index contributed by atoms with van der Waals surface area (Å²) in [4.78, 5) is 25.3. The van der Waals surface area contributed by atoms with Crippen molar-refractivity contribution in [2.24, 2.45) is 0 Å². The summed E-state index contributed by atoms with van der Waals surface area (Å²) in [6.45, 7) is 3.37. The molecule has 0 radical (unpaired) electrons. The first kappa shape index (κ1) is 53.9. The lowest BCUT2D eigenvalue weighted by Gasteiger charge is -2.39. The van der Waals surface area contributed by atoms with Gasteiger partial charge in [0, 0.05) is 12.8 Å². The molecule has 4 N–H and O–H groups in total. The van der Waals surface area contributed by atoms with Gasteiger partial charge in [-0.25, -0.2) is 0 Å². The Morgan fingerprint density at radius 1 is 0.534 bits per heavy atom. The van der Waals surface area contributed by atoms with E-state index in [1.807, 2.05) is 0 Å². The van der Waals surface area contributed by atoms with Gasteiger partial charge in [0.2, 0.25) is 0 Å². The fourth-order valence-corrected chi connectivity index (χ4v) is 7.02.